The van der Waals surface area contributed by atoms with Crippen LogP contribution in [0.5, 0.6) is 0 Å². The van der Waals surface area contributed by atoms with E-state index in [9.17, 15) is 9.36 Å². The first-order chi connectivity index (χ1) is 10.6. The topological polar surface area (TPSA) is 61.8 Å². The van der Waals surface area contributed by atoms with Crippen molar-refractivity contribution in [3.8, 4) is 0 Å². The maximum atomic E-state index is 12.6. The molecule has 0 heterocycles. The van der Waals surface area contributed by atoms with E-state index < -0.39 is 19.2 Å². The van der Waals surface area contributed by atoms with Crippen molar-refractivity contribution in [1.29, 1.82) is 0 Å². The van der Waals surface area contributed by atoms with E-state index in [1.54, 1.807) is 0 Å². The summed E-state index contributed by atoms with van der Waals surface area (Å²) in [5, 5.41) is 0. The number of carbonyl (C=O) groups is 1. The molecule has 0 aromatic heterocycles. The van der Waals surface area contributed by atoms with Gasteiger partial charge in [0.15, 0.2) is 5.66 Å². The zero-order valence-corrected chi connectivity index (χ0v) is 14.4. The van der Waals surface area contributed by atoms with Crippen molar-refractivity contribution in [1.82, 2.24) is 0 Å². The summed E-state index contributed by atoms with van der Waals surface area (Å²) in [6.07, 6.45) is 2.66. The van der Waals surface area contributed by atoms with Gasteiger partial charge in [0.2, 0.25) is 0 Å². The summed E-state index contributed by atoms with van der Waals surface area (Å²) in [6.45, 7) is 2.33. The van der Waals surface area contributed by atoms with Gasteiger partial charge in [0.05, 0.1) is 6.61 Å². The van der Waals surface area contributed by atoms with E-state index in [0.717, 1.165) is 18.4 Å². The van der Waals surface area contributed by atoms with Gasteiger partial charge in [0, 0.05) is 14.2 Å². The third kappa shape index (κ3) is 5.56. The van der Waals surface area contributed by atoms with E-state index in [-0.39, 0.29) is 0 Å². The molecule has 0 spiro atoms. The lowest BCUT2D eigenvalue weighted by atomic mass is 10.1. The summed E-state index contributed by atoms with van der Waals surface area (Å²) < 4.78 is 27.8. The van der Waals surface area contributed by atoms with Gasteiger partial charge in [-0.1, -0.05) is 43.7 Å². The van der Waals surface area contributed by atoms with Gasteiger partial charge < -0.3 is 13.8 Å². The Labute approximate surface area is 132 Å². The van der Waals surface area contributed by atoms with Crippen LogP contribution in [0.3, 0.4) is 0 Å². The number of ether oxygens (including phenoxy) is 1. The lowest BCUT2D eigenvalue weighted by molar-refractivity contribution is -0.143. The highest BCUT2D eigenvalue weighted by Gasteiger charge is 2.40. The zero-order chi connectivity index (χ0) is 16.4. The summed E-state index contributed by atoms with van der Waals surface area (Å²) in [5.74, 6) is -0.517. The van der Waals surface area contributed by atoms with Gasteiger partial charge in [0.25, 0.3) is 0 Å². The minimum atomic E-state index is -3.51. The number of benzene rings is 1. The predicted molar refractivity (Wildman–Crippen MR) is 86.0 cm³/mol. The Morgan fingerprint density at radius 2 is 1.82 bits per heavy atom. The number of esters is 1. The molecule has 0 fully saturated rings. The number of hydrogen-bond acceptors (Lipinski definition) is 5. The lowest BCUT2D eigenvalue weighted by Crippen LogP contribution is -2.26. The molecule has 5 nitrogen and oxygen atoms in total. The molecule has 1 unspecified atom stereocenters. The Kier molecular flexibility index (Phi) is 8.39. The lowest BCUT2D eigenvalue weighted by Gasteiger charge is -2.23. The van der Waals surface area contributed by atoms with Crippen LogP contribution in [0, 0.1) is 0 Å². The first-order valence-electron chi connectivity index (χ1n) is 7.49. The van der Waals surface area contributed by atoms with Gasteiger partial charge in [-0.2, -0.15) is 0 Å². The highest BCUT2D eigenvalue weighted by molar-refractivity contribution is 7.55. The fraction of sp³-hybridized carbons (Fsp3) is 0.562. The fourth-order valence-corrected chi connectivity index (χ4v) is 3.53. The Morgan fingerprint density at radius 1 is 1.18 bits per heavy atom. The molecule has 1 atom stereocenters. The second-order valence-corrected chi connectivity index (χ2v) is 7.40. The maximum absolute atomic E-state index is 12.6. The Balaban J connectivity index is 2.77. The molecule has 0 radical (unpaired) electrons. The average Bonchev–Trinajstić information content (AvgIpc) is 2.56. The predicted octanol–water partition coefficient (Wildman–Crippen LogP) is 3.82. The zero-order valence-electron chi connectivity index (χ0n) is 13.5. The molecule has 1 aromatic rings. The van der Waals surface area contributed by atoms with Crippen LogP contribution in [-0.2, 0) is 29.6 Å². The summed E-state index contributed by atoms with van der Waals surface area (Å²) in [6, 6.07) is 9.70. The number of rotatable bonds is 10. The second kappa shape index (κ2) is 9.78. The van der Waals surface area contributed by atoms with E-state index in [4.69, 9.17) is 13.8 Å². The van der Waals surface area contributed by atoms with Crippen molar-refractivity contribution in [2.24, 2.45) is 0 Å². The van der Waals surface area contributed by atoms with Crippen molar-refractivity contribution in [2.45, 2.75) is 38.3 Å². The Bertz CT molecular complexity index is 481. The smallest absolute Gasteiger partial charge is 0.344 e. The first kappa shape index (κ1) is 18.9. The third-order valence-corrected chi connectivity index (χ3v) is 5.70. The van der Waals surface area contributed by atoms with E-state index in [2.05, 4.69) is 0 Å². The SMILES string of the molecule is CCCCOC(=O)C(CCc1ccccc1)P(=O)(OC)OC. The molecule has 1 aromatic carbocycles. The summed E-state index contributed by atoms with van der Waals surface area (Å²) in [4.78, 5) is 12.2. The van der Waals surface area contributed by atoms with Crippen LogP contribution in [0.4, 0.5) is 0 Å². The maximum Gasteiger partial charge on any atom is 0.344 e. The van der Waals surface area contributed by atoms with Crippen LogP contribution >= 0.6 is 7.60 Å². The van der Waals surface area contributed by atoms with Crippen molar-refractivity contribution in [3.05, 3.63) is 35.9 Å². The molecule has 0 aliphatic rings. The van der Waals surface area contributed by atoms with Gasteiger partial charge in [-0.25, -0.2) is 0 Å². The van der Waals surface area contributed by atoms with Crippen LogP contribution in [0.2, 0.25) is 0 Å². The minimum Gasteiger partial charge on any atom is -0.465 e. The summed E-state index contributed by atoms with van der Waals surface area (Å²) >= 11 is 0. The van der Waals surface area contributed by atoms with Gasteiger partial charge in [0.1, 0.15) is 0 Å². The molecule has 0 saturated heterocycles. The van der Waals surface area contributed by atoms with Crippen LogP contribution < -0.4 is 0 Å². The Hall–Kier alpha value is -1.16. The summed E-state index contributed by atoms with van der Waals surface area (Å²) in [5.41, 5.74) is 0.159. The monoisotopic (exact) mass is 328 g/mol. The van der Waals surface area contributed by atoms with Crippen molar-refractivity contribution in [2.75, 3.05) is 20.8 Å². The first-order valence-corrected chi connectivity index (χ1v) is 9.10. The average molecular weight is 328 g/mol. The van der Waals surface area contributed by atoms with Crippen LogP contribution in [0.1, 0.15) is 31.7 Å². The summed E-state index contributed by atoms with van der Waals surface area (Å²) in [7, 11) is -0.926. The van der Waals surface area contributed by atoms with E-state index >= 15 is 0 Å². The minimum absolute atomic E-state index is 0.324. The van der Waals surface area contributed by atoms with Crippen LogP contribution in [-0.4, -0.2) is 32.5 Å². The molecular formula is C16H25O5P. The van der Waals surface area contributed by atoms with Crippen molar-refractivity contribution >= 4 is 13.6 Å². The van der Waals surface area contributed by atoms with Crippen molar-refractivity contribution < 1.29 is 23.1 Å². The molecule has 22 heavy (non-hydrogen) atoms. The molecule has 0 aliphatic heterocycles. The number of aryl methyl sites for hydroxylation is 1. The molecule has 6 heteroatoms. The highest BCUT2D eigenvalue weighted by Crippen LogP contribution is 2.53. The standard InChI is InChI=1S/C16H25O5P/c1-4-5-13-21-16(17)15(22(18,19-2)20-3)12-11-14-9-7-6-8-10-14/h6-10,15H,4-5,11-13H2,1-3H3. The molecule has 0 amide bonds. The fourth-order valence-electron chi connectivity index (χ4n) is 2.10. The molecule has 124 valence electrons. The molecule has 1 rings (SSSR count). The van der Waals surface area contributed by atoms with Gasteiger partial charge in [-0.3, -0.25) is 9.36 Å². The highest BCUT2D eigenvalue weighted by atomic mass is 31.2. The Morgan fingerprint density at radius 3 is 2.36 bits per heavy atom. The quantitative estimate of drug-likeness (QED) is 0.371. The molecule has 0 bridgehead atoms. The van der Waals surface area contributed by atoms with E-state index in [1.165, 1.54) is 14.2 Å². The number of carbonyl (C=O) groups excluding carboxylic acids is 1. The molecular weight excluding hydrogens is 303 g/mol. The number of unbranched alkanes of at least 4 members (excludes halogenated alkanes) is 1. The molecule has 0 N–H and O–H groups in total. The normalized spacial score (nSPS) is 12.9. The molecule has 0 saturated carbocycles. The van der Waals surface area contributed by atoms with Crippen LogP contribution in [0.25, 0.3) is 0 Å². The largest absolute Gasteiger partial charge is 0.465 e. The molecule has 0 aliphatic carbocycles. The second-order valence-electron chi connectivity index (χ2n) is 4.97. The van der Waals surface area contributed by atoms with Gasteiger partial charge in [-0.15, -0.1) is 0 Å². The van der Waals surface area contributed by atoms with Crippen LogP contribution in [0.15, 0.2) is 30.3 Å². The van der Waals surface area contributed by atoms with E-state index in [0.29, 0.717) is 19.4 Å². The third-order valence-electron chi connectivity index (χ3n) is 3.45. The van der Waals surface area contributed by atoms with Gasteiger partial charge >= 0.3 is 13.6 Å². The number of hydrogen-bond donors (Lipinski definition) is 0. The van der Waals surface area contributed by atoms with Gasteiger partial charge in [-0.05, 0) is 24.8 Å². The van der Waals surface area contributed by atoms with E-state index in [1.807, 2.05) is 37.3 Å². The van der Waals surface area contributed by atoms with Crippen molar-refractivity contribution in [3.63, 3.8) is 0 Å².